The summed E-state index contributed by atoms with van der Waals surface area (Å²) in [5.74, 6) is -0.295. The molecule has 81 heavy (non-hydrogen) atoms. The normalized spacial score (nSPS) is 30.1. The first kappa shape index (κ1) is 73.0. The van der Waals surface area contributed by atoms with Gasteiger partial charge in [0.1, 0.15) is 73.2 Å². The average molecular weight is 1160 g/mol. The predicted molar refractivity (Wildman–Crippen MR) is 309 cm³/mol. The molecule has 3 fully saturated rings. The second-order valence-electron chi connectivity index (χ2n) is 22.5. The van der Waals surface area contributed by atoms with Gasteiger partial charge in [-0.05, 0) is 70.6 Å². The third-order valence-electron chi connectivity index (χ3n) is 15.6. The summed E-state index contributed by atoms with van der Waals surface area (Å²) in [7, 11) is 0. The molecule has 3 aliphatic heterocycles. The third-order valence-corrected chi connectivity index (χ3v) is 15.6. The molecule has 472 valence electrons. The molecule has 0 aromatic heterocycles. The SMILES string of the molecule is CCCCCCCCC/C=C\CCCCCCCCCC(=O)NC(COC1OC(CO)C(OC2OC(CO)C(OC3OC(CO)C(O)C(O)C3O)C(O)C2O)C(O)C1O)C(O)/C=C/CC/C=C/CC/C=C/CCCCCCCCCC. The Labute approximate surface area is 484 Å². The van der Waals surface area contributed by atoms with Gasteiger partial charge in [-0.15, -0.1) is 0 Å². The molecule has 3 aliphatic rings. The Balaban J connectivity index is 1.51. The molecule has 0 saturated carbocycles. The molecular formula is C62H111NO18. The van der Waals surface area contributed by atoms with E-state index in [9.17, 15) is 61.0 Å². The Morgan fingerprint density at radius 1 is 0.432 bits per heavy atom. The van der Waals surface area contributed by atoms with E-state index in [4.69, 9.17) is 28.4 Å². The zero-order chi connectivity index (χ0) is 59.0. The van der Waals surface area contributed by atoms with Crippen LogP contribution >= 0.6 is 0 Å². The number of aliphatic hydroxyl groups excluding tert-OH is 11. The van der Waals surface area contributed by atoms with Crippen LogP contribution in [0.4, 0.5) is 0 Å². The number of ether oxygens (including phenoxy) is 6. The average Bonchev–Trinajstić information content (AvgIpc) is 3.51. The number of unbranched alkanes of at least 4 members (excludes halogenated alkanes) is 24. The van der Waals surface area contributed by atoms with Gasteiger partial charge < -0.3 is 89.9 Å². The van der Waals surface area contributed by atoms with Gasteiger partial charge in [0.15, 0.2) is 18.9 Å². The minimum atomic E-state index is -1.98. The maximum Gasteiger partial charge on any atom is 0.220 e. The molecule has 1 amide bonds. The summed E-state index contributed by atoms with van der Waals surface area (Å²) in [6, 6.07) is -0.998. The van der Waals surface area contributed by atoms with E-state index in [-0.39, 0.29) is 18.9 Å². The van der Waals surface area contributed by atoms with Gasteiger partial charge in [-0.2, -0.15) is 0 Å². The monoisotopic (exact) mass is 1160 g/mol. The second-order valence-corrected chi connectivity index (χ2v) is 22.5. The van der Waals surface area contributed by atoms with Crippen LogP contribution in [0.5, 0.6) is 0 Å². The van der Waals surface area contributed by atoms with Crippen molar-refractivity contribution >= 4 is 5.91 Å². The van der Waals surface area contributed by atoms with Crippen molar-refractivity contribution in [2.24, 2.45) is 0 Å². The highest BCUT2D eigenvalue weighted by molar-refractivity contribution is 5.76. The molecular weight excluding hydrogens is 1050 g/mol. The standard InChI is InChI=1S/C62H111NO18/c1-3-5-7-9-11-13-15-17-19-21-23-25-27-29-31-33-35-37-39-46(67)45(63-50(68)40-38-36-34-32-30-28-26-24-22-20-18-16-14-12-10-8-6-4-2)44-76-60-56(74)53(71)58(48(42-65)78-60)81-62-57(75)54(72)59(49(43-66)79-62)80-61-55(73)52(70)51(69)47(41-64)77-61/h20-23,29,31,37,39,45-49,51-62,64-67,69-75H,3-19,24-28,30,32-36,38,40-44H2,1-2H3,(H,63,68)/b22-20-,23-21+,31-29+,39-37+. The molecule has 0 aliphatic carbocycles. The van der Waals surface area contributed by atoms with Gasteiger partial charge in [0.25, 0.3) is 0 Å². The molecule has 0 aromatic carbocycles. The van der Waals surface area contributed by atoms with Crippen LogP contribution in [0.15, 0.2) is 48.6 Å². The van der Waals surface area contributed by atoms with Gasteiger partial charge in [-0.1, -0.05) is 178 Å². The molecule has 3 heterocycles. The number of carbonyl (C=O) groups is 1. The Kier molecular flexibility index (Phi) is 40.7. The van der Waals surface area contributed by atoms with E-state index in [0.717, 1.165) is 57.8 Å². The van der Waals surface area contributed by atoms with E-state index in [0.29, 0.717) is 12.8 Å². The fourth-order valence-corrected chi connectivity index (χ4v) is 10.4. The van der Waals surface area contributed by atoms with Crippen molar-refractivity contribution in [1.82, 2.24) is 5.32 Å². The van der Waals surface area contributed by atoms with E-state index >= 15 is 0 Å². The highest BCUT2D eigenvalue weighted by atomic mass is 16.8. The van der Waals surface area contributed by atoms with Crippen LogP contribution in [0.1, 0.15) is 206 Å². The first-order valence-electron chi connectivity index (χ1n) is 31.4. The number of carbonyl (C=O) groups excluding carboxylic acids is 1. The second kappa shape index (κ2) is 45.1. The first-order valence-corrected chi connectivity index (χ1v) is 31.4. The molecule has 0 bridgehead atoms. The number of nitrogens with one attached hydrogen (secondary N) is 1. The molecule has 3 rings (SSSR count). The topological polar surface area (TPSA) is 307 Å². The number of amides is 1. The lowest BCUT2D eigenvalue weighted by Gasteiger charge is -2.48. The largest absolute Gasteiger partial charge is 0.394 e. The smallest absolute Gasteiger partial charge is 0.220 e. The minimum absolute atomic E-state index is 0.226. The van der Waals surface area contributed by atoms with Crippen LogP contribution in [0.25, 0.3) is 0 Å². The number of aliphatic hydroxyl groups is 11. The molecule has 19 nitrogen and oxygen atoms in total. The summed E-state index contributed by atoms with van der Waals surface area (Å²) in [6.45, 7) is 1.68. The summed E-state index contributed by atoms with van der Waals surface area (Å²) in [5, 5.41) is 120. The van der Waals surface area contributed by atoms with Crippen LogP contribution in [0, 0.1) is 0 Å². The highest BCUT2D eigenvalue weighted by Crippen LogP contribution is 2.33. The van der Waals surface area contributed by atoms with Crippen molar-refractivity contribution in [2.45, 2.75) is 311 Å². The van der Waals surface area contributed by atoms with Gasteiger partial charge in [0, 0.05) is 6.42 Å². The Morgan fingerprint density at radius 2 is 0.790 bits per heavy atom. The molecule has 19 heteroatoms. The van der Waals surface area contributed by atoms with E-state index in [2.05, 4.69) is 55.6 Å². The maximum atomic E-state index is 13.3. The van der Waals surface area contributed by atoms with Gasteiger partial charge in [0.05, 0.1) is 38.6 Å². The molecule has 17 unspecified atom stereocenters. The molecule has 0 radical (unpaired) electrons. The number of hydrogen-bond donors (Lipinski definition) is 12. The lowest BCUT2D eigenvalue weighted by Crippen LogP contribution is -2.66. The Bertz CT molecular complexity index is 1670. The lowest BCUT2D eigenvalue weighted by molar-refractivity contribution is -0.379. The Morgan fingerprint density at radius 3 is 1.23 bits per heavy atom. The van der Waals surface area contributed by atoms with Gasteiger partial charge in [-0.25, -0.2) is 0 Å². The van der Waals surface area contributed by atoms with Crippen LogP contribution in [0.2, 0.25) is 0 Å². The van der Waals surface area contributed by atoms with Crippen molar-refractivity contribution in [1.29, 1.82) is 0 Å². The van der Waals surface area contributed by atoms with E-state index in [1.807, 2.05) is 6.08 Å². The number of allylic oxidation sites excluding steroid dienone is 7. The summed E-state index contributed by atoms with van der Waals surface area (Å²) >= 11 is 0. The van der Waals surface area contributed by atoms with E-state index in [1.165, 1.54) is 116 Å². The fraction of sp³-hybridized carbons (Fsp3) is 0.855. The molecule has 17 atom stereocenters. The zero-order valence-corrected chi connectivity index (χ0v) is 49.3. The summed E-state index contributed by atoms with van der Waals surface area (Å²) in [4.78, 5) is 13.3. The maximum absolute atomic E-state index is 13.3. The molecule has 0 aromatic rings. The summed E-state index contributed by atoms with van der Waals surface area (Å²) < 4.78 is 34.2. The van der Waals surface area contributed by atoms with E-state index < -0.39 is 124 Å². The quantitative estimate of drug-likeness (QED) is 0.0236. The van der Waals surface area contributed by atoms with Crippen LogP contribution in [-0.4, -0.2) is 193 Å². The zero-order valence-electron chi connectivity index (χ0n) is 49.3. The van der Waals surface area contributed by atoms with Crippen LogP contribution < -0.4 is 5.32 Å². The minimum Gasteiger partial charge on any atom is -0.394 e. The Hall–Kier alpha value is -2.25. The first-order chi connectivity index (χ1) is 39.3. The molecule has 0 spiro atoms. The third kappa shape index (κ3) is 28.7. The van der Waals surface area contributed by atoms with Crippen molar-refractivity contribution in [3.63, 3.8) is 0 Å². The fourth-order valence-electron chi connectivity index (χ4n) is 10.4. The van der Waals surface area contributed by atoms with Gasteiger partial charge in [0.2, 0.25) is 5.91 Å². The van der Waals surface area contributed by atoms with Crippen molar-refractivity contribution < 1.29 is 89.4 Å². The lowest BCUT2D eigenvalue weighted by atomic mass is 9.96. The van der Waals surface area contributed by atoms with Crippen molar-refractivity contribution in [3.05, 3.63) is 48.6 Å². The molecule has 12 N–H and O–H groups in total. The number of hydrogen-bond acceptors (Lipinski definition) is 18. The summed E-state index contributed by atoms with van der Waals surface area (Å²) in [5.41, 5.74) is 0. The van der Waals surface area contributed by atoms with Crippen molar-refractivity contribution in [2.75, 3.05) is 26.4 Å². The van der Waals surface area contributed by atoms with Crippen molar-refractivity contribution in [3.8, 4) is 0 Å². The summed E-state index contributed by atoms with van der Waals surface area (Å²) in [6.07, 6.45) is 23.7. The van der Waals surface area contributed by atoms with Gasteiger partial charge in [-0.3, -0.25) is 4.79 Å². The molecule has 3 saturated heterocycles. The van der Waals surface area contributed by atoms with Gasteiger partial charge >= 0.3 is 0 Å². The predicted octanol–water partition coefficient (Wildman–Crippen LogP) is 6.26. The van der Waals surface area contributed by atoms with E-state index in [1.54, 1.807) is 6.08 Å². The highest BCUT2D eigenvalue weighted by Gasteiger charge is 2.53. The number of rotatable bonds is 46. The van der Waals surface area contributed by atoms with Crippen LogP contribution in [-0.2, 0) is 33.2 Å². The van der Waals surface area contributed by atoms with Crippen LogP contribution in [0.3, 0.4) is 0 Å².